The van der Waals surface area contributed by atoms with Crippen LogP contribution in [0.3, 0.4) is 0 Å². The van der Waals surface area contributed by atoms with E-state index in [1.54, 1.807) is 0 Å². The molecule has 0 aliphatic rings. The molecular weight excluding hydrogens is 390 g/mol. The highest BCUT2D eigenvalue weighted by Crippen LogP contribution is 2.19. The third-order valence-electron chi connectivity index (χ3n) is 5.70. The zero-order valence-electron chi connectivity index (χ0n) is 21.6. The molecule has 30 heavy (non-hydrogen) atoms. The molecule has 0 atom stereocenters. The summed E-state index contributed by atoms with van der Waals surface area (Å²) in [5.74, 6) is 0. The van der Waals surface area contributed by atoms with Gasteiger partial charge in [0, 0.05) is 19.8 Å². The lowest BCUT2D eigenvalue weighted by Crippen LogP contribution is -2.61. The van der Waals surface area contributed by atoms with Gasteiger partial charge in [-0.2, -0.15) is 0 Å². The summed E-state index contributed by atoms with van der Waals surface area (Å²) >= 11 is 0. The Labute approximate surface area is 191 Å². The van der Waals surface area contributed by atoms with Crippen LogP contribution in [0.1, 0.15) is 118 Å². The van der Waals surface area contributed by atoms with Gasteiger partial charge in [-0.05, 0) is 32.1 Å². The van der Waals surface area contributed by atoms with E-state index in [-0.39, 0.29) is 0 Å². The molecule has 0 bridgehead atoms. The van der Waals surface area contributed by atoms with Crippen LogP contribution in [-0.4, -0.2) is 59.9 Å². The predicted octanol–water partition coefficient (Wildman–Crippen LogP) is 7.13. The van der Waals surface area contributed by atoms with Crippen molar-refractivity contribution < 1.29 is 17.8 Å². The molecule has 0 aliphatic carbocycles. The van der Waals surface area contributed by atoms with E-state index < -0.39 is 8.80 Å². The smallest absolute Gasteiger partial charge is 0.370 e. The Morgan fingerprint density at radius 1 is 0.500 bits per heavy atom. The molecule has 0 aromatic heterocycles. The Morgan fingerprint density at radius 3 is 1.27 bits per heavy atom. The summed E-state index contributed by atoms with van der Waals surface area (Å²) in [4.78, 5) is 0. The van der Waals surface area contributed by atoms with Gasteiger partial charge < -0.3 is 17.8 Å². The van der Waals surface area contributed by atoms with Crippen LogP contribution in [0.2, 0.25) is 0 Å². The van der Waals surface area contributed by atoms with Crippen LogP contribution in [0.5, 0.6) is 0 Å². The summed E-state index contributed by atoms with van der Waals surface area (Å²) in [6.07, 6.45) is 18.5. The molecule has 182 valence electrons. The van der Waals surface area contributed by atoms with Gasteiger partial charge in [-0.15, -0.1) is 0 Å². The molecule has 0 spiro atoms. The van der Waals surface area contributed by atoms with Gasteiger partial charge in [0.2, 0.25) is 0 Å². The second kappa shape index (κ2) is 19.7. The van der Waals surface area contributed by atoms with E-state index >= 15 is 0 Å². The number of nitrogens with zero attached hydrogens (tertiary/aromatic N) is 1. The maximum absolute atomic E-state index is 6.46. The zero-order chi connectivity index (χ0) is 22.6. The molecule has 0 aromatic carbocycles. The molecule has 0 saturated carbocycles. The normalized spacial score (nSPS) is 12.6. The van der Waals surface area contributed by atoms with Crippen LogP contribution < -0.4 is 0 Å². The van der Waals surface area contributed by atoms with Crippen LogP contribution in [0.15, 0.2) is 0 Å². The summed E-state index contributed by atoms with van der Waals surface area (Å²) < 4.78 is 20.3. The average molecular weight is 447 g/mol. The van der Waals surface area contributed by atoms with Crippen molar-refractivity contribution in [3.8, 4) is 0 Å². The average Bonchev–Trinajstić information content (AvgIpc) is 2.70. The monoisotopic (exact) mass is 446 g/mol. The first-order valence-electron chi connectivity index (χ1n) is 13.2. The summed E-state index contributed by atoms with van der Waals surface area (Å²) in [6, 6.07) is 0. The van der Waals surface area contributed by atoms with Crippen molar-refractivity contribution in [3.05, 3.63) is 0 Å². The topological polar surface area (TPSA) is 27.7 Å². The molecule has 0 saturated heterocycles. The number of unbranched alkanes of at least 4 members (excludes halogenated alkanes) is 10. The van der Waals surface area contributed by atoms with Crippen molar-refractivity contribution in [2.75, 3.05) is 46.6 Å². The lowest BCUT2D eigenvalue weighted by molar-refractivity contribution is -0.883. The van der Waals surface area contributed by atoms with Crippen LogP contribution in [-0.2, 0) is 13.3 Å². The fourth-order valence-electron chi connectivity index (χ4n) is 3.65. The van der Waals surface area contributed by atoms with Crippen LogP contribution >= 0.6 is 0 Å². The third-order valence-corrected chi connectivity index (χ3v) is 8.87. The first kappa shape index (κ1) is 30.1. The lowest BCUT2D eigenvalue weighted by atomic mass is 10.1. The van der Waals surface area contributed by atoms with E-state index in [1.165, 1.54) is 57.9 Å². The van der Waals surface area contributed by atoms with Crippen LogP contribution in [0, 0.1) is 0 Å². The Hall–Kier alpha value is 0.0569. The molecule has 0 unspecified atom stereocenters. The summed E-state index contributed by atoms with van der Waals surface area (Å²) in [6.45, 7) is 12.4. The quantitative estimate of drug-likeness (QED) is 0.0948. The molecule has 0 fully saturated rings. The van der Waals surface area contributed by atoms with Crippen molar-refractivity contribution in [3.63, 3.8) is 0 Å². The highest BCUT2D eigenvalue weighted by atomic mass is 28.4. The summed E-state index contributed by atoms with van der Waals surface area (Å²) in [7, 11) is 2.00. The number of hydrogen-bond donors (Lipinski definition) is 0. The highest BCUT2D eigenvalue weighted by molar-refractivity contribution is 6.60. The highest BCUT2D eigenvalue weighted by Gasteiger charge is 2.48. The van der Waals surface area contributed by atoms with Gasteiger partial charge in [-0.3, -0.25) is 0 Å². The first-order valence-corrected chi connectivity index (χ1v) is 15.1. The molecule has 0 aromatic rings. The molecule has 5 heteroatoms. The second-order valence-corrected chi connectivity index (χ2v) is 12.1. The maximum atomic E-state index is 6.46. The molecular formula is C25H56NO3Si+. The van der Waals surface area contributed by atoms with E-state index in [4.69, 9.17) is 13.3 Å². The molecule has 0 rings (SSSR count). The predicted molar refractivity (Wildman–Crippen MR) is 133 cm³/mol. The molecule has 0 amide bonds. The molecule has 4 nitrogen and oxygen atoms in total. The van der Waals surface area contributed by atoms with Crippen molar-refractivity contribution in [2.24, 2.45) is 0 Å². The van der Waals surface area contributed by atoms with Gasteiger partial charge in [-0.25, -0.2) is 0 Å². The number of rotatable bonds is 23. The van der Waals surface area contributed by atoms with Gasteiger partial charge in [0.15, 0.2) is 0 Å². The van der Waals surface area contributed by atoms with Gasteiger partial charge in [-0.1, -0.05) is 85.5 Å². The molecule has 0 radical (unpaired) electrons. The molecule has 0 aliphatic heterocycles. The van der Waals surface area contributed by atoms with Gasteiger partial charge in [0.1, 0.15) is 6.17 Å². The van der Waals surface area contributed by atoms with Gasteiger partial charge in [0.05, 0.1) is 20.6 Å². The standard InChI is InChI=1S/C25H56NO3Si/c1-7-11-15-16-17-18-19-20-21-26(5,6)25-30(27-22-12-8-2,28-23-13-9-3)29-24-14-10-4/h7-25H2,1-6H3/q+1. The molecule has 0 N–H and O–H groups in total. The number of hydrogen-bond acceptors (Lipinski definition) is 3. The Balaban J connectivity index is 4.72. The van der Waals surface area contributed by atoms with Crippen LogP contribution in [0.25, 0.3) is 0 Å². The van der Waals surface area contributed by atoms with Gasteiger partial charge >= 0.3 is 8.80 Å². The van der Waals surface area contributed by atoms with E-state index in [9.17, 15) is 0 Å². The van der Waals surface area contributed by atoms with Gasteiger partial charge in [0.25, 0.3) is 0 Å². The van der Waals surface area contributed by atoms with E-state index in [0.717, 1.165) is 69.0 Å². The van der Waals surface area contributed by atoms with E-state index in [0.29, 0.717) is 0 Å². The van der Waals surface area contributed by atoms with E-state index in [1.807, 2.05) is 0 Å². The van der Waals surface area contributed by atoms with Crippen molar-refractivity contribution in [1.82, 2.24) is 0 Å². The van der Waals surface area contributed by atoms with Crippen molar-refractivity contribution >= 4 is 8.80 Å². The minimum absolute atomic E-state index is 0.763. The number of quaternary nitrogens is 1. The van der Waals surface area contributed by atoms with E-state index in [2.05, 4.69) is 41.8 Å². The summed E-state index contributed by atoms with van der Waals surface area (Å²) in [5.41, 5.74) is 0. The Bertz CT molecular complexity index is 340. The zero-order valence-corrected chi connectivity index (χ0v) is 22.6. The largest absolute Gasteiger partial charge is 0.559 e. The van der Waals surface area contributed by atoms with Crippen molar-refractivity contribution in [1.29, 1.82) is 0 Å². The SMILES string of the molecule is CCCCCCCCCC[N+](C)(C)C[Si](OCCCC)(OCCCC)OCCCC. The molecule has 0 heterocycles. The Kier molecular flexibility index (Phi) is 19.8. The third kappa shape index (κ3) is 16.7. The fraction of sp³-hybridized carbons (Fsp3) is 1.00. The van der Waals surface area contributed by atoms with Crippen LogP contribution in [0.4, 0.5) is 0 Å². The fourth-order valence-corrected chi connectivity index (χ4v) is 6.75. The van der Waals surface area contributed by atoms with Crippen molar-refractivity contribution in [2.45, 2.75) is 118 Å². The summed E-state index contributed by atoms with van der Waals surface area (Å²) in [5, 5.41) is 0. The first-order chi connectivity index (χ1) is 14.4. The lowest BCUT2D eigenvalue weighted by Gasteiger charge is -2.38. The minimum atomic E-state index is -2.66. The Morgan fingerprint density at radius 2 is 0.867 bits per heavy atom. The maximum Gasteiger partial charge on any atom is 0.559 e. The minimum Gasteiger partial charge on any atom is -0.370 e. The second-order valence-electron chi connectivity index (χ2n) is 9.58.